The molecule has 2 unspecified atom stereocenters. The number of benzene rings is 1. The van der Waals surface area contributed by atoms with Crippen molar-refractivity contribution in [3.05, 3.63) is 29.8 Å². The molecule has 1 aromatic rings. The van der Waals surface area contributed by atoms with Gasteiger partial charge in [-0.2, -0.15) is 0 Å². The highest BCUT2D eigenvalue weighted by Crippen LogP contribution is 2.18. The van der Waals surface area contributed by atoms with Gasteiger partial charge in [0, 0.05) is 7.11 Å². The second kappa shape index (κ2) is 8.64. The number of hydrogen-bond acceptors (Lipinski definition) is 4. The molecule has 5 heteroatoms. The zero-order valence-corrected chi connectivity index (χ0v) is 13.3. The van der Waals surface area contributed by atoms with Gasteiger partial charge in [-0.25, -0.2) is 0 Å². The molecule has 0 heterocycles. The van der Waals surface area contributed by atoms with E-state index in [-0.39, 0.29) is 18.6 Å². The van der Waals surface area contributed by atoms with Gasteiger partial charge >= 0.3 is 0 Å². The van der Waals surface area contributed by atoms with Crippen LogP contribution in [0.5, 0.6) is 5.75 Å². The topological polar surface area (TPSA) is 73.6 Å². The maximum atomic E-state index is 11.8. The number of nitrogens with two attached hydrogens (primary N) is 1. The van der Waals surface area contributed by atoms with Gasteiger partial charge in [-0.15, -0.1) is 0 Å². The van der Waals surface area contributed by atoms with Crippen molar-refractivity contribution in [3.63, 3.8) is 0 Å². The van der Waals surface area contributed by atoms with Crippen LogP contribution in [0, 0.1) is 5.92 Å². The van der Waals surface area contributed by atoms with Gasteiger partial charge in [0.1, 0.15) is 11.8 Å². The highest BCUT2D eigenvalue weighted by atomic mass is 16.5. The SMILES string of the molecule is COCC(N)C(=O)NC(C)c1ccc(OCC(C)C)cc1. The first-order valence-electron chi connectivity index (χ1n) is 7.21. The van der Waals surface area contributed by atoms with Gasteiger partial charge in [0.15, 0.2) is 0 Å². The lowest BCUT2D eigenvalue weighted by Gasteiger charge is -2.18. The average molecular weight is 294 g/mol. The van der Waals surface area contributed by atoms with Gasteiger partial charge in [-0.3, -0.25) is 4.79 Å². The molecule has 3 N–H and O–H groups in total. The summed E-state index contributed by atoms with van der Waals surface area (Å²) in [5, 5.41) is 2.87. The minimum absolute atomic E-state index is 0.112. The minimum Gasteiger partial charge on any atom is -0.493 e. The van der Waals surface area contributed by atoms with Gasteiger partial charge in [0.25, 0.3) is 0 Å². The van der Waals surface area contributed by atoms with Crippen molar-refractivity contribution >= 4 is 5.91 Å². The van der Waals surface area contributed by atoms with Gasteiger partial charge in [0.05, 0.1) is 19.3 Å². The first-order valence-corrected chi connectivity index (χ1v) is 7.21. The monoisotopic (exact) mass is 294 g/mol. The Morgan fingerprint density at radius 3 is 2.33 bits per heavy atom. The zero-order valence-electron chi connectivity index (χ0n) is 13.3. The van der Waals surface area contributed by atoms with Crippen molar-refractivity contribution < 1.29 is 14.3 Å². The van der Waals surface area contributed by atoms with Crippen molar-refractivity contribution in [3.8, 4) is 5.75 Å². The Bertz CT molecular complexity index is 432. The lowest BCUT2D eigenvalue weighted by Crippen LogP contribution is -2.44. The van der Waals surface area contributed by atoms with E-state index in [9.17, 15) is 4.79 Å². The maximum Gasteiger partial charge on any atom is 0.239 e. The summed E-state index contributed by atoms with van der Waals surface area (Å²) in [5.74, 6) is 1.11. The van der Waals surface area contributed by atoms with Crippen LogP contribution in [-0.2, 0) is 9.53 Å². The molecule has 0 aliphatic carbocycles. The van der Waals surface area contributed by atoms with E-state index in [2.05, 4.69) is 19.2 Å². The van der Waals surface area contributed by atoms with Crippen molar-refractivity contribution in [1.82, 2.24) is 5.32 Å². The number of carbonyl (C=O) groups excluding carboxylic acids is 1. The molecule has 0 spiro atoms. The third-order valence-corrected chi connectivity index (χ3v) is 3.01. The van der Waals surface area contributed by atoms with E-state index in [1.807, 2.05) is 31.2 Å². The number of nitrogens with one attached hydrogen (secondary N) is 1. The molecule has 5 nitrogen and oxygen atoms in total. The molecule has 1 rings (SSSR count). The van der Waals surface area contributed by atoms with Gasteiger partial charge in [-0.05, 0) is 30.5 Å². The predicted octanol–water partition coefficient (Wildman–Crippen LogP) is 1.87. The number of hydrogen-bond donors (Lipinski definition) is 2. The summed E-state index contributed by atoms with van der Waals surface area (Å²) >= 11 is 0. The minimum atomic E-state index is -0.647. The molecule has 0 saturated carbocycles. The first-order chi connectivity index (χ1) is 9.93. The van der Waals surface area contributed by atoms with Crippen LogP contribution >= 0.6 is 0 Å². The van der Waals surface area contributed by atoms with Crippen molar-refractivity contribution in [2.45, 2.75) is 32.9 Å². The second-order valence-electron chi connectivity index (χ2n) is 5.57. The van der Waals surface area contributed by atoms with Crippen LogP contribution in [-0.4, -0.2) is 32.3 Å². The maximum absolute atomic E-state index is 11.8. The largest absolute Gasteiger partial charge is 0.493 e. The smallest absolute Gasteiger partial charge is 0.239 e. The van der Waals surface area contributed by atoms with Crippen LogP contribution in [0.2, 0.25) is 0 Å². The fraction of sp³-hybridized carbons (Fsp3) is 0.562. The standard InChI is InChI=1S/C16H26N2O3/c1-11(2)9-21-14-7-5-13(6-8-14)12(3)18-16(19)15(17)10-20-4/h5-8,11-12,15H,9-10,17H2,1-4H3,(H,18,19). The third-order valence-electron chi connectivity index (χ3n) is 3.01. The van der Waals surface area contributed by atoms with Crippen molar-refractivity contribution in [1.29, 1.82) is 0 Å². The molecule has 0 aliphatic rings. The Balaban J connectivity index is 2.54. The molecule has 1 amide bonds. The molecule has 0 aromatic heterocycles. The molecule has 0 bridgehead atoms. The normalized spacial score (nSPS) is 13.8. The highest BCUT2D eigenvalue weighted by molar-refractivity contribution is 5.82. The van der Waals surface area contributed by atoms with Crippen molar-refractivity contribution in [2.24, 2.45) is 11.7 Å². The molecule has 2 atom stereocenters. The van der Waals surface area contributed by atoms with Crippen molar-refractivity contribution in [2.75, 3.05) is 20.3 Å². The summed E-state index contributed by atoms with van der Waals surface area (Å²) in [5.41, 5.74) is 6.69. The summed E-state index contributed by atoms with van der Waals surface area (Å²) in [6.07, 6.45) is 0. The van der Waals surface area contributed by atoms with Crippen LogP contribution in [0.25, 0.3) is 0 Å². The Morgan fingerprint density at radius 2 is 1.81 bits per heavy atom. The lowest BCUT2D eigenvalue weighted by atomic mass is 10.1. The number of ether oxygens (including phenoxy) is 2. The highest BCUT2D eigenvalue weighted by Gasteiger charge is 2.16. The fourth-order valence-corrected chi connectivity index (χ4v) is 1.77. The Morgan fingerprint density at radius 1 is 1.19 bits per heavy atom. The van der Waals surface area contributed by atoms with Crippen LogP contribution in [0.1, 0.15) is 32.4 Å². The number of methoxy groups -OCH3 is 1. The second-order valence-corrected chi connectivity index (χ2v) is 5.57. The average Bonchev–Trinajstić information content (AvgIpc) is 2.45. The van der Waals surface area contributed by atoms with E-state index >= 15 is 0 Å². The molecule has 0 radical (unpaired) electrons. The lowest BCUT2D eigenvalue weighted by molar-refractivity contribution is -0.124. The Hall–Kier alpha value is -1.59. The van der Waals surface area contributed by atoms with Crippen LogP contribution in [0.4, 0.5) is 0 Å². The Kier molecular flexibility index (Phi) is 7.19. The third kappa shape index (κ3) is 6.14. The number of rotatable bonds is 8. The van der Waals surface area contributed by atoms with E-state index in [1.54, 1.807) is 0 Å². The van der Waals surface area contributed by atoms with Gasteiger partial charge in [-0.1, -0.05) is 26.0 Å². The molecule has 118 valence electrons. The molecule has 21 heavy (non-hydrogen) atoms. The zero-order chi connectivity index (χ0) is 15.8. The number of carbonyl (C=O) groups is 1. The van der Waals surface area contributed by atoms with Crippen LogP contribution in [0.15, 0.2) is 24.3 Å². The van der Waals surface area contributed by atoms with E-state index in [4.69, 9.17) is 15.2 Å². The van der Waals surface area contributed by atoms with E-state index in [0.29, 0.717) is 12.5 Å². The van der Waals surface area contributed by atoms with Crippen LogP contribution in [0.3, 0.4) is 0 Å². The molecular weight excluding hydrogens is 268 g/mol. The summed E-state index contributed by atoms with van der Waals surface area (Å²) in [4.78, 5) is 11.8. The summed E-state index contributed by atoms with van der Waals surface area (Å²) < 4.78 is 10.5. The molecule has 0 fully saturated rings. The molecule has 1 aromatic carbocycles. The number of amides is 1. The van der Waals surface area contributed by atoms with Gasteiger partial charge < -0.3 is 20.5 Å². The van der Waals surface area contributed by atoms with E-state index < -0.39 is 6.04 Å². The quantitative estimate of drug-likeness (QED) is 0.767. The summed E-state index contributed by atoms with van der Waals surface area (Å²) in [6, 6.07) is 6.96. The predicted molar refractivity (Wildman–Crippen MR) is 83.2 cm³/mol. The fourth-order valence-electron chi connectivity index (χ4n) is 1.77. The summed E-state index contributed by atoms with van der Waals surface area (Å²) in [6.45, 7) is 7.03. The molecular formula is C16H26N2O3. The van der Waals surface area contributed by atoms with E-state index in [1.165, 1.54) is 7.11 Å². The first kappa shape index (κ1) is 17.5. The molecule has 0 aliphatic heterocycles. The van der Waals surface area contributed by atoms with Gasteiger partial charge in [0.2, 0.25) is 5.91 Å². The summed E-state index contributed by atoms with van der Waals surface area (Å²) in [7, 11) is 1.52. The van der Waals surface area contributed by atoms with Crippen LogP contribution < -0.4 is 15.8 Å². The Labute approximate surface area is 126 Å². The van der Waals surface area contributed by atoms with E-state index in [0.717, 1.165) is 11.3 Å². The molecule has 0 saturated heterocycles.